The number of rotatable bonds is 5. The second-order valence-corrected chi connectivity index (χ2v) is 5.12. The number of carbonyl (C=O) groups excluding carboxylic acids is 1. The third-order valence-electron chi connectivity index (χ3n) is 3.61. The molecule has 0 radical (unpaired) electrons. The molecule has 0 aliphatic heterocycles. The molecule has 0 saturated heterocycles. The molecule has 6 nitrogen and oxygen atoms in total. The van der Waals surface area contributed by atoms with Gasteiger partial charge in [0.15, 0.2) is 0 Å². The molecule has 116 valence electrons. The van der Waals surface area contributed by atoms with E-state index in [1.807, 2.05) is 37.3 Å². The lowest BCUT2D eigenvalue weighted by Crippen LogP contribution is -2.28. The fourth-order valence-corrected chi connectivity index (χ4v) is 2.37. The summed E-state index contributed by atoms with van der Waals surface area (Å²) in [5.74, 6) is 0.479. The zero-order valence-corrected chi connectivity index (χ0v) is 12.8. The monoisotopic (exact) mass is 307 g/mol. The molecule has 2 heterocycles. The fourth-order valence-electron chi connectivity index (χ4n) is 2.37. The summed E-state index contributed by atoms with van der Waals surface area (Å²) in [7, 11) is 0. The molecule has 0 fully saturated rings. The van der Waals surface area contributed by atoms with Crippen molar-refractivity contribution in [2.45, 2.75) is 19.4 Å². The highest BCUT2D eigenvalue weighted by atomic mass is 16.1. The summed E-state index contributed by atoms with van der Waals surface area (Å²) in [5.41, 5.74) is 1.65. The Labute approximate surface area is 134 Å². The minimum atomic E-state index is -0.127. The molecule has 1 atom stereocenters. The maximum Gasteiger partial charge on any atom is 0.251 e. The zero-order valence-electron chi connectivity index (χ0n) is 12.8. The van der Waals surface area contributed by atoms with Gasteiger partial charge < -0.3 is 5.32 Å². The first-order chi connectivity index (χ1) is 11.3. The van der Waals surface area contributed by atoms with E-state index in [1.54, 1.807) is 35.6 Å². The van der Waals surface area contributed by atoms with Crippen molar-refractivity contribution in [3.63, 3.8) is 0 Å². The molecular weight excluding hydrogens is 290 g/mol. The first kappa shape index (κ1) is 14.9. The molecule has 0 saturated carbocycles. The number of hydrogen-bond acceptors (Lipinski definition) is 4. The predicted octanol–water partition coefficient (Wildman–Crippen LogP) is 2.54. The Morgan fingerprint density at radius 2 is 1.91 bits per heavy atom. The molecule has 0 bridgehead atoms. The first-order valence-electron chi connectivity index (χ1n) is 7.45. The molecule has 0 spiro atoms. The van der Waals surface area contributed by atoms with Crippen molar-refractivity contribution in [2.75, 3.05) is 0 Å². The van der Waals surface area contributed by atoms with Gasteiger partial charge in [0, 0.05) is 11.8 Å². The van der Waals surface area contributed by atoms with Crippen LogP contribution in [0.1, 0.15) is 35.3 Å². The second-order valence-electron chi connectivity index (χ2n) is 5.12. The Morgan fingerprint density at radius 3 is 2.61 bits per heavy atom. The zero-order chi connectivity index (χ0) is 16.1. The molecule has 1 amide bonds. The van der Waals surface area contributed by atoms with Crippen LogP contribution in [-0.4, -0.2) is 25.7 Å². The molecule has 0 aliphatic rings. The Morgan fingerprint density at radius 1 is 1.17 bits per heavy atom. The Bertz CT molecular complexity index is 771. The minimum Gasteiger partial charge on any atom is -0.345 e. The average Bonchev–Trinajstić information content (AvgIpc) is 3.15. The quantitative estimate of drug-likeness (QED) is 0.786. The van der Waals surface area contributed by atoms with Gasteiger partial charge in [0.1, 0.15) is 18.5 Å². The van der Waals surface area contributed by atoms with E-state index in [2.05, 4.69) is 20.5 Å². The normalized spacial score (nSPS) is 11.9. The fraction of sp³-hybridized carbons (Fsp3) is 0.176. The SMILES string of the molecule is CCC(NC(=O)c1ccnc(-n2cnnc2)c1)c1ccccc1. The molecule has 0 aliphatic carbocycles. The largest absolute Gasteiger partial charge is 0.345 e. The second kappa shape index (κ2) is 6.83. The van der Waals surface area contributed by atoms with Crippen molar-refractivity contribution in [1.29, 1.82) is 0 Å². The smallest absolute Gasteiger partial charge is 0.251 e. The van der Waals surface area contributed by atoms with Gasteiger partial charge in [0.25, 0.3) is 5.91 Å². The molecular formula is C17H17N5O. The van der Waals surface area contributed by atoms with E-state index >= 15 is 0 Å². The lowest BCUT2D eigenvalue weighted by molar-refractivity contribution is 0.0935. The van der Waals surface area contributed by atoms with Gasteiger partial charge >= 0.3 is 0 Å². The van der Waals surface area contributed by atoms with Gasteiger partial charge in [-0.25, -0.2) is 4.98 Å². The van der Waals surface area contributed by atoms with E-state index < -0.39 is 0 Å². The van der Waals surface area contributed by atoms with Crippen molar-refractivity contribution in [1.82, 2.24) is 25.1 Å². The predicted molar refractivity (Wildman–Crippen MR) is 86.1 cm³/mol. The van der Waals surface area contributed by atoms with E-state index in [-0.39, 0.29) is 11.9 Å². The van der Waals surface area contributed by atoms with Crippen molar-refractivity contribution >= 4 is 5.91 Å². The molecule has 23 heavy (non-hydrogen) atoms. The Balaban J connectivity index is 1.79. The van der Waals surface area contributed by atoms with E-state index in [9.17, 15) is 4.79 Å². The van der Waals surface area contributed by atoms with Crippen LogP contribution in [0.4, 0.5) is 0 Å². The van der Waals surface area contributed by atoms with Crippen LogP contribution in [0.2, 0.25) is 0 Å². The van der Waals surface area contributed by atoms with Crippen LogP contribution in [-0.2, 0) is 0 Å². The standard InChI is InChI=1S/C17H17N5O/c1-2-15(13-6-4-3-5-7-13)21-17(23)14-8-9-18-16(10-14)22-11-19-20-12-22/h3-12,15H,2H2,1H3,(H,21,23). The maximum absolute atomic E-state index is 12.5. The Hall–Kier alpha value is -3.02. The van der Waals surface area contributed by atoms with E-state index in [0.29, 0.717) is 11.4 Å². The van der Waals surface area contributed by atoms with Gasteiger partial charge in [-0.15, -0.1) is 10.2 Å². The number of nitrogens with zero attached hydrogens (tertiary/aromatic N) is 4. The van der Waals surface area contributed by atoms with Gasteiger partial charge in [-0.2, -0.15) is 0 Å². The van der Waals surface area contributed by atoms with Crippen LogP contribution < -0.4 is 5.32 Å². The number of benzene rings is 1. The Kier molecular flexibility index (Phi) is 4.42. The van der Waals surface area contributed by atoms with Crippen LogP contribution >= 0.6 is 0 Å². The lowest BCUT2D eigenvalue weighted by atomic mass is 10.0. The summed E-state index contributed by atoms with van der Waals surface area (Å²) in [6, 6.07) is 13.3. The van der Waals surface area contributed by atoms with Crippen LogP contribution in [0.25, 0.3) is 5.82 Å². The molecule has 3 rings (SSSR count). The van der Waals surface area contributed by atoms with E-state index in [4.69, 9.17) is 0 Å². The van der Waals surface area contributed by atoms with E-state index in [1.165, 1.54) is 0 Å². The number of amides is 1. The lowest BCUT2D eigenvalue weighted by Gasteiger charge is -2.17. The van der Waals surface area contributed by atoms with Gasteiger partial charge in [0.05, 0.1) is 6.04 Å². The number of nitrogens with one attached hydrogen (secondary N) is 1. The molecule has 1 unspecified atom stereocenters. The summed E-state index contributed by atoms with van der Waals surface area (Å²) in [5, 5.41) is 10.6. The number of aromatic nitrogens is 4. The van der Waals surface area contributed by atoms with Crippen LogP contribution in [0.5, 0.6) is 0 Å². The summed E-state index contributed by atoms with van der Waals surface area (Å²) in [6.07, 6.45) is 5.51. The highest BCUT2D eigenvalue weighted by Crippen LogP contribution is 2.17. The number of hydrogen-bond donors (Lipinski definition) is 1. The number of pyridine rings is 1. The highest BCUT2D eigenvalue weighted by molar-refractivity contribution is 5.94. The third kappa shape index (κ3) is 3.42. The molecule has 3 aromatic rings. The van der Waals surface area contributed by atoms with Crippen molar-refractivity contribution < 1.29 is 4.79 Å². The number of carbonyl (C=O) groups is 1. The summed E-state index contributed by atoms with van der Waals surface area (Å²) < 4.78 is 1.66. The molecule has 1 N–H and O–H groups in total. The highest BCUT2D eigenvalue weighted by Gasteiger charge is 2.14. The summed E-state index contributed by atoms with van der Waals surface area (Å²) >= 11 is 0. The van der Waals surface area contributed by atoms with Crippen LogP contribution in [0, 0.1) is 0 Å². The van der Waals surface area contributed by atoms with E-state index in [0.717, 1.165) is 12.0 Å². The topological polar surface area (TPSA) is 72.7 Å². The van der Waals surface area contributed by atoms with Crippen LogP contribution in [0.3, 0.4) is 0 Å². The van der Waals surface area contributed by atoms with Gasteiger partial charge in [0.2, 0.25) is 0 Å². The average molecular weight is 307 g/mol. The molecule has 1 aromatic carbocycles. The molecule has 2 aromatic heterocycles. The summed E-state index contributed by atoms with van der Waals surface area (Å²) in [4.78, 5) is 16.8. The van der Waals surface area contributed by atoms with Crippen molar-refractivity contribution in [3.8, 4) is 5.82 Å². The first-order valence-corrected chi connectivity index (χ1v) is 7.45. The minimum absolute atomic E-state index is 0.0183. The van der Waals surface area contributed by atoms with Gasteiger partial charge in [-0.3, -0.25) is 9.36 Å². The van der Waals surface area contributed by atoms with Crippen LogP contribution in [0.15, 0.2) is 61.3 Å². The molecule has 6 heteroatoms. The van der Waals surface area contributed by atoms with Gasteiger partial charge in [-0.05, 0) is 24.1 Å². The third-order valence-corrected chi connectivity index (χ3v) is 3.61. The summed E-state index contributed by atoms with van der Waals surface area (Å²) in [6.45, 7) is 2.05. The van der Waals surface area contributed by atoms with Crippen molar-refractivity contribution in [3.05, 3.63) is 72.4 Å². The maximum atomic E-state index is 12.5. The van der Waals surface area contributed by atoms with Gasteiger partial charge in [-0.1, -0.05) is 37.3 Å². The van der Waals surface area contributed by atoms with Crippen molar-refractivity contribution in [2.24, 2.45) is 0 Å².